The van der Waals surface area contributed by atoms with Crippen molar-refractivity contribution < 1.29 is 0 Å². The van der Waals surface area contributed by atoms with Crippen LogP contribution in [0.25, 0.3) is 43.4 Å². The van der Waals surface area contributed by atoms with Crippen molar-refractivity contribution >= 4 is 72.1 Å². The summed E-state index contributed by atoms with van der Waals surface area (Å²) in [6.07, 6.45) is 2.12. The van der Waals surface area contributed by atoms with Crippen LogP contribution in [-0.4, -0.2) is 14.1 Å². The molecule has 10 rings (SSSR count). The highest BCUT2D eigenvalue weighted by molar-refractivity contribution is 6.32. The van der Waals surface area contributed by atoms with E-state index in [-0.39, 0.29) is 5.41 Å². The van der Waals surface area contributed by atoms with Gasteiger partial charge >= 0.3 is 0 Å². The first-order valence-electron chi connectivity index (χ1n) is 19.8. The summed E-state index contributed by atoms with van der Waals surface area (Å²) in [6, 6.07) is 64.9. The van der Waals surface area contributed by atoms with Crippen LogP contribution < -0.4 is 14.7 Å². The number of anilines is 7. The third kappa shape index (κ3) is 5.49. The molecule has 0 N–H and O–H groups in total. The van der Waals surface area contributed by atoms with Gasteiger partial charge in [-0.3, -0.25) is 0 Å². The topological polar surface area (TPSA) is 9.72 Å². The van der Waals surface area contributed by atoms with E-state index in [1.165, 1.54) is 71.6 Å². The highest BCUT2D eigenvalue weighted by Crippen LogP contribution is 2.54. The van der Waals surface area contributed by atoms with Crippen LogP contribution >= 0.6 is 0 Å². The first kappa shape index (κ1) is 33.9. The number of para-hydroxylation sites is 4. The third-order valence-corrected chi connectivity index (χ3v) is 12.0. The monoisotopic (exact) mass is 723 g/mol. The summed E-state index contributed by atoms with van der Waals surface area (Å²) in [4.78, 5) is 7.10. The van der Waals surface area contributed by atoms with E-state index >= 15 is 0 Å². The Balaban J connectivity index is 1.39. The molecule has 0 aromatic heterocycles. The molecule has 0 saturated carbocycles. The van der Waals surface area contributed by atoms with Crippen LogP contribution in [0.5, 0.6) is 0 Å². The van der Waals surface area contributed by atoms with Crippen LogP contribution in [0.1, 0.15) is 31.4 Å². The van der Waals surface area contributed by atoms with E-state index in [4.69, 9.17) is 0 Å². The summed E-state index contributed by atoms with van der Waals surface area (Å²) >= 11 is 0. The Labute approximate surface area is 330 Å². The van der Waals surface area contributed by atoms with Crippen molar-refractivity contribution in [1.82, 2.24) is 0 Å². The van der Waals surface area contributed by atoms with Gasteiger partial charge in [-0.2, -0.15) is 0 Å². The molecule has 272 valence electrons. The second-order valence-corrected chi connectivity index (χ2v) is 16.1. The molecule has 0 atom stereocenters. The standard InChI is InChI=1S/C53H45N3/c1-53(2)32-31-37-33-48(55(39-17-9-5-10-18-39)40-19-11-6-12-20-40)44-30-29-43-45(36-25-27-38(28-26-36)54(3)4)35-49(46-34-47(53)50(37)52(44)51(43)46)56(41-21-13-7-14-22-41)42-23-15-8-16-24-42/h5-30,33-35H,31-32H2,1-4H3. The van der Waals surface area contributed by atoms with E-state index in [0.29, 0.717) is 0 Å². The van der Waals surface area contributed by atoms with Crippen LogP contribution in [0, 0.1) is 0 Å². The maximum atomic E-state index is 2.56. The first-order valence-corrected chi connectivity index (χ1v) is 19.8. The minimum Gasteiger partial charge on any atom is -0.378 e. The van der Waals surface area contributed by atoms with Gasteiger partial charge in [-0.25, -0.2) is 0 Å². The van der Waals surface area contributed by atoms with Gasteiger partial charge in [0.25, 0.3) is 0 Å². The van der Waals surface area contributed by atoms with Gasteiger partial charge < -0.3 is 14.7 Å². The average Bonchev–Trinajstić information content (AvgIpc) is 3.24. The molecule has 1 aliphatic rings. The molecule has 3 heteroatoms. The predicted octanol–water partition coefficient (Wildman–Crippen LogP) is 14.5. The van der Waals surface area contributed by atoms with Crippen molar-refractivity contribution in [3.05, 3.63) is 187 Å². The van der Waals surface area contributed by atoms with Gasteiger partial charge in [-0.15, -0.1) is 0 Å². The summed E-state index contributed by atoms with van der Waals surface area (Å²) < 4.78 is 0. The molecule has 1 aliphatic carbocycles. The minimum atomic E-state index is 0.00211. The fourth-order valence-corrected chi connectivity index (χ4v) is 9.17. The molecule has 9 aromatic carbocycles. The number of aryl methyl sites for hydroxylation is 1. The summed E-state index contributed by atoms with van der Waals surface area (Å²) in [6.45, 7) is 4.89. The second kappa shape index (κ2) is 13.3. The predicted molar refractivity (Wildman–Crippen MR) is 241 cm³/mol. The molecule has 0 unspecified atom stereocenters. The number of rotatable bonds is 8. The summed E-state index contributed by atoms with van der Waals surface area (Å²) in [7, 11) is 4.21. The van der Waals surface area contributed by atoms with Crippen LogP contribution in [0.3, 0.4) is 0 Å². The Morgan fingerprint density at radius 2 is 0.911 bits per heavy atom. The van der Waals surface area contributed by atoms with Gasteiger partial charge in [0.1, 0.15) is 0 Å². The van der Waals surface area contributed by atoms with Crippen LogP contribution in [0.15, 0.2) is 176 Å². The molecule has 0 aliphatic heterocycles. The Morgan fingerprint density at radius 1 is 0.429 bits per heavy atom. The van der Waals surface area contributed by atoms with Gasteiger partial charge in [-0.1, -0.05) is 111 Å². The highest BCUT2D eigenvalue weighted by Gasteiger charge is 2.33. The zero-order chi connectivity index (χ0) is 38.0. The Hall–Kier alpha value is -6.58. The lowest BCUT2D eigenvalue weighted by molar-refractivity contribution is 0.475. The zero-order valence-electron chi connectivity index (χ0n) is 32.5. The molecule has 0 heterocycles. The molecule has 0 bridgehead atoms. The van der Waals surface area contributed by atoms with E-state index in [1.807, 2.05) is 0 Å². The summed E-state index contributed by atoms with van der Waals surface area (Å²) in [5.74, 6) is 0. The summed E-state index contributed by atoms with van der Waals surface area (Å²) in [5, 5.41) is 7.93. The molecule has 0 amide bonds. The Morgan fingerprint density at radius 3 is 1.41 bits per heavy atom. The van der Waals surface area contributed by atoms with Crippen LogP contribution in [-0.2, 0) is 11.8 Å². The SMILES string of the molecule is CN(C)c1ccc(-c2cc(N(c3ccccc3)c3ccccc3)c3cc4c5c(cc(N(c6ccccc6)c6ccccc6)c6ccc2c3c65)CCC4(C)C)cc1. The molecule has 9 aromatic rings. The number of hydrogen-bond donors (Lipinski definition) is 0. The maximum absolute atomic E-state index is 2.56. The summed E-state index contributed by atoms with van der Waals surface area (Å²) in [5.41, 5.74) is 13.5. The number of hydrogen-bond acceptors (Lipinski definition) is 3. The average molecular weight is 724 g/mol. The van der Waals surface area contributed by atoms with Crippen molar-refractivity contribution in [2.75, 3.05) is 28.8 Å². The lowest BCUT2D eigenvalue weighted by atomic mass is 9.70. The van der Waals surface area contributed by atoms with E-state index < -0.39 is 0 Å². The van der Waals surface area contributed by atoms with Crippen LogP contribution in [0.4, 0.5) is 39.8 Å². The first-order chi connectivity index (χ1) is 27.4. The molecule has 56 heavy (non-hydrogen) atoms. The van der Waals surface area contributed by atoms with E-state index in [0.717, 1.165) is 35.6 Å². The van der Waals surface area contributed by atoms with E-state index in [9.17, 15) is 0 Å². The lowest BCUT2D eigenvalue weighted by Gasteiger charge is -2.37. The third-order valence-electron chi connectivity index (χ3n) is 12.0. The number of nitrogens with zero attached hydrogens (tertiary/aromatic N) is 3. The Kier molecular flexibility index (Phi) is 8.07. The fourth-order valence-electron chi connectivity index (χ4n) is 9.17. The molecule has 0 spiro atoms. The minimum absolute atomic E-state index is 0.00211. The van der Waals surface area contributed by atoms with Crippen molar-refractivity contribution in [2.45, 2.75) is 32.1 Å². The lowest BCUT2D eigenvalue weighted by Crippen LogP contribution is -2.24. The van der Waals surface area contributed by atoms with Crippen molar-refractivity contribution in [3.8, 4) is 11.1 Å². The maximum Gasteiger partial charge on any atom is 0.0546 e. The van der Waals surface area contributed by atoms with Crippen LogP contribution in [0.2, 0.25) is 0 Å². The molecule has 3 nitrogen and oxygen atoms in total. The number of benzene rings is 9. The van der Waals surface area contributed by atoms with E-state index in [1.54, 1.807) is 0 Å². The van der Waals surface area contributed by atoms with Gasteiger partial charge in [-0.05, 0) is 130 Å². The molecule has 0 saturated heterocycles. The zero-order valence-corrected chi connectivity index (χ0v) is 32.5. The molecular weight excluding hydrogens is 679 g/mol. The van der Waals surface area contributed by atoms with Crippen molar-refractivity contribution in [1.29, 1.82) is 0 Å². The van der Waals surface area contributed by atoms with Gasteiger partial charge in [0, 0.05) is 64.1 Å². The molecular formula is C53H45N3. The Bertz CT molecular complexity index is 2750. The quantitative estimate of drug-likeness (QED) is 0.145. The normalized spacial score (nSPS) is 13.4. The largest absolute Gasteiger partial charge is 0.378 e. The highest BCUT2D eigenvalue weighted by atomic mass is 15.1. The molecule has 0 fully saturated rings. The molecule has 0 radical (unpaired) electrons. The second-order valence-electron chi connectivity index (χ2n) is 16.1. The van der Waals surface area contributed by atoms with Gasteiger partial charge in [0.2, 0.25) is 0 Å². The van der Waals surface area contributed by atoms with Crippen molar-refractivity contribution in [3.63, 3.8) is 0 Å². The van der Waals surface area contributed by atoms with Crippen molar-refractivity contribution in [2.24, 2.45) is 0 Å². The van der Waals surface area contributed by atoms with Gasteiger partial charge in [0.15, 0.2) is 0 Å². The smallest absolute Gasteiger partial charge is 0.0546 e. The van der Waals surface area contributed by atoms with Gasteiger partial charge in [0.05, 0.1) is 11.4 Å². The van der Waals surface area contributed by atoms with E-state index in [2.05, 4.69) is 219 Å². The fraction of sp³-hybridized carbons (Fsp3) is 0.132.